The van der Waals surface area contributed by atoms with Crippen LogP contribution in [-0.4, -0.2) is 26.0 Å². The minimum absolute atomic E-state index is 0.454. The van der Waals surface area contributed by atoms with Crippen LogP contribution >= 0.6 is 0 Å². The van der Waals surface area contributed by atoms with Gasteiger partial charge < -0.3 is 0 Å². The number of nitrogens with zero attached hydrogens (tertiary/aromatic N) is 4. The molecule has 5 heteroatoms. The van der Waals surface area contributed by atoms with Crippen molar-refractivity contribution in [2.75, 3.05) is 0 Å². The molecule has 2 aromatic heterocycles. The SMILES string of the molecule is O=Cc1cnn(-c2ncccn2)c1. The van der Waals surface area contributed by atoms with Crippen molar-refractivity contribution >= 4 is 6.29 Å². The summed E-state index contributed by atoms with van der Waals surface area (Å²) < 4.78 is 1.45. The first-order valence-corrected chi connectivity index (χ1v) is 3.67. The molecule has 0 unspecified atom stereocenters. The lowest BCUT2D eigenvalue weighted by Crippen LogP contribution is -1.99. The van der Waals surface area contributed by atoms with E-state index in [1.54, 1.807) is 24.7 Å². The maximum Gasteiger partial charge on any atom is 0.250 e. The molecular weight excluding hydrogens is 168 g/mol. The minimum atomic E-state index is 0.454. The van der Waals surface area contributed by atoms with Gasteiger partial charge in [-0.05, 0) is 6.07 Å². The Bertz CT molecular complexity index is 409. The van der Waals surface area contributed by atoms with Gasteiger partial charge in [0.15, 0.2) is 6.29 Å². The molecule has 0 saturated carbocycles. The zero-order chi connectivity index (χ0) is 9.10. The summed E-state index contributed by atoms with van der Waals surface area (Å²) >= 11 is 0. The number of carbonyl (C=O) groups excluding carboxylic acids is 1. The fourth-order valence-electron chi connectivity index (χ4n) is 0.916. The van der Waals surface area contributed by atoms with Gasteiger partial charge in [-0.15, -0.1) is 0 Å². The lowest BCUT2D eigenvalue weighted by molar-refractivity contribution is 0.112. The highest BCUT2D eigenvalue weighted by Crippen LogP contribution is 1.99. The maximum absolute atomic E-state index is 10.4. The van der Waals surface area contributed by atoms with Crippen LogP contribution in [0.5, 0.6) is 0 Å². The Labute approximate surface area is 74.1 Å². The van der Waals surface area contributed by atoms with Crippen molar-refractivity contribution in [2.24, 2.45) is 0 Å². The molecule has 0 amide bonds. The summed E-state index contributed by atoms with van der Waals surface area (Å²) in [4.78, 5) is 18.3. The van der Waals surface area contributed by atoms with Crippen molar-refractivity contribution in [1.82, 2.24) is 19.7 Å². The van der Waals surface area contributed by atoms with Gasteiger partial charge >= 0.3 is 0 Å². The highest BCUT2D eigenvalue weighted by atomic mass is 16.1. The molecule has 2 heterocycles. The molecule has 0 aromatic carbocycles. The van der Waals surface area contributed by atoms with Crippen LogP contribution in [0.3, 0.4) is 0 Å². The van der Waals surface area contributed by atoms with Crippen LogP contribution in [-0.2, 0) is 0 Å². The Morgan fingerprint density at radius 2 is 2.08 bits per heavy atom. The Balaban J connectivity index is 2.41. The van der Waals surface area contributed by atoms with Gasteiger partial charge in [-0.1, -0.05) is 0 Å². The predicted octanol–water partition coefficient (Wildman–Crippen LogP) is 0.475. The van der Waals surface area contributed by atoms with Crippen LogP contribution in [0.25, 0.3) is 5.95 Å². The van der Waals surface area contributed by atoms with E-state index < -0.39 is 0 Å². The summed E-state index contributed by atoms with van der Waals surface area (Å²) in [5.41, 5.74) is 0.507. The third-order valence-corrected chi connectivity index (χ3v) is 1.50. The van der Waals surface area contributed by atoms with E-state index in [4.69, 9.17) is 0 Å². The number of rotatable bonds is 2. The predicted molar refractivity (Wildman–Crippen MR) is 44.5 cm³/mol. The maximum atomic E-state index is 10.4. The van der Waals surface area contributed by atoms with E-state index in [1.807, 2.05) is 0 Å². The number of hydrogen-bond acceptors (Lipinski definition) is 4. The van der Waals surface area contributed by atoms with Gasteiger partial charge in [-0.3, -0.25) is 4.79 Å². The monoisotopic (exact) mass is 174 g/mol. The van der Waals surface area contributed by atoms with E-state index in [0.29, 0.717) is 11.5 Å². The topological polar surface area (TPSA) is 60.7 Å². The zero-order valence-corrected chi connectivity index (χ0v) is 6.66. The Kier molecular flexibility index (Phi) is 1.84. The first-order chi connectivity index (χ1) is 6.40. The van der Waals surface area contributed by atoms with E-state index in [9.17, 15) is 4.79 Å². The fraction of sp³-hybridized carbons (Fsp3) is 0. The van der Waals surface area contributed by atoms with Crippen LogP contribution in [0.4, 0.5) is 0 Å². The van der Waals surface area contributed by atoms with Crippen LogP contribution in [0, 0.1) is 0 Å². The Morgan fingerprint density at radius 1 is 1.31 bits per heavy atom. The van der Waals surface area contributed by atoms with Crippen molar-refractivity contribution in [1.29, 1.82) is 0 Å². The first-order valence-electron chi connectivity index (χ1n) is 3.67. The largest absolute Gasteiger partial charge is 0.298 e. The molecule has 0 N–H and O–H groups in total. The van der Waals surface area contributed by atoms with Crippen LogP contribution in [0.2, 0.25) is 0 Å². The number of aldehydes is 1. The molecule has 13 heavy (non-hydrogen) atoms. The molecule has 0 aliphatic heterocycles. The summed E-state index contributed by atoms with van der Waals surface area (Å²) in [5.74, 6) is 0.454. The Hall–Kier alpha value is -2.04. The molecule has 2 aromatic rings. The number of hydrogen-bond donors (Lipinski definition) is 0. The minimum Gasteiger partial charge on any atom is -0.298 e. The smallest absolute Gasteiger partial charge is 0.250 e. The molecular formula is C8H6N4O. The van der Waals surface area contributed by atoms with Crippen LogP contribution in [0.1, 0.15) is 10.4 Å². The van der Waals surface area contributed by atoms with Crippen molar-refractivity contribution < 1.29 is 4.79 Å². The summed E-state index contributed by atoms with van der Waals surface area (Å²) in [7, 11) is 0. The molecule has 64 valence electrons. The standard InChI is InChI=1S/C8H6N4O/c13-6-7-4-11-12(5-7)8-9-2-1-3-10-8/h1-6H. The zero-order valence-electron chi connectivity index (χ0n) is 6.66. The molecule has 0 aliphatic carbocycles. The number of carbonyl (C=O) groups is 1. The van der Waals surface area contributed by atoms with Gasteiger partial charge in [0.2, 0.25) is 5.95 Å². The second-order valence-corrected chi connectivity index (χ2v) is 2.38. The highest BCUT2D eigenvalue weighted by Gasteiger charge is 2.00. The average Bonchev–Trinajstić information content (AvgIpc) is 2.67. The molecule has 0 aliphatic rings. The second-order valence-electron chi connectivity index (χ2n) is 2.38. The van der Waals surface area contributed by atoms with Gasteiger partial charge in [0.25, 0.3) is 0 Å². The summed E-state index contributed by atoms with van der Waals surface area (Å²) in [6, 6.07) is 1.72. The normalized spacial score (nSPS) is 9.85. The van der Waals surface area contributed by atoms with Crippen molar-refractivity contribution in [3.05, 3.63) is 36.4 Å². The summed E-state index contributed by atoms with van der Waals surface area (Å²) in [5, 5.41) is 3.92. The molecule has 0 fully saturated rings. The molecule has 0 spiro atoms. The lowest BCUT2D eigenvalue weighted by Gasteiger charge is -1.95. The summed E-state index contributed by atoms with van der Waals surface area (Å²) in [6.07, 6.45) is 6.99. The quantitative estimate of drug-likeness (QED) is 0.621. The van der Waals surface area contributed by atoms with Gasteiger partial charge in [-0.2, -0.15) is 5.10 Å². The van der Waals surface area contributed by atoms with E-state index >= 15 is 0 Å². The molecule has 0 radical (unpaired) electrons. The summed E-state index contributed by atoms with van der Waals surface area (Å²) in [6.45, 7) is 0. The average molecular weight is 174 g/mol. The second kappa shape index (κ2) is 3.14. The van der Waals surface area contributed by atoms with E-state index in [2.05, 4.69) is 15.1 Å². The molecule has 0 saturated heterocycles. The molecule has 2 rings (SSSR count). The number of aromatic nitrogens is 4. The third-order valence-electron chi connectivity index (χ3n) is 1.50. The highest BCUT2D eigenvalue weighted by molar-refractivity contribution is 5.73. The van der Waals surface area contributed by atoms with E-state index in [-0.39, 0.29) is 0 Å². The molecule has 0 atom stereocenters. The van der Waals surface area contributed by atoms with Crippen molar-refractivity contribution in [3.8, 4) is 5.95 Å². The van der Waals surface area contributed by atoms with Crippen molar-refractivity contribution in [3.63, 3.8) is 0 Å². The lowest BCUT2D eigenvalue weighted by atomic mass is 10.4. The van der Waals surface area contributed by atoms with Crippen LogP contribution in [0.15, 0.2) is 30.9 Å². The van der Waals surface area contributed by atoms with E-state index in [0.717, 1.165) is 6.29 Å². The molecule has 5 nitrogen and oxygen atoms in total. The first kappa shape index (κ1) is 7.60. The van der Waals surface area contributed by atoms with Gasteiger partial charge in [-0.25, -0.2) is 14.6 Å². The third kappa shape index (κ3) is 1.44. The van der Waals surface area contributed by atoms with Crippen molar-refractivity contribution in [2.45, 2.75) is 0 Å². The van der Waals surface area contributed by atoms with E-state index in [1.165, 1.54) is 10.9 Å². The van der Waals surface area contributed by atoms with Crippen LogP contribution < -0.4 is 0 Å². The van der Waals surface area contributed by atoms with Gasteiger partial charge in [0.05, 0.1) is 11.8 Å². The fourth-order valence-corrected chi connectivity index (χ4v) is 0.916. The van der Waals surface area contributed by atoms with Gasteiger partial charge in [0.1, 0.15) is 0 Å². The Morgan fingerprint density at radius 3 is 2.69 bits per heavy atom. The van der Waals surface area contributed by atoms with Gasteiger partial charge in [0, 0.05) is 18.6 Å². The molecule has 0 bridgehead atoms.